The Bertz CT molecular complexity index is 869. The van der Waals surface area contributed by atoms with Crippen molar-refractivity contribution in [2.45, 2.75) is 0 Å². The molecule has 0 saturated carbocycles. The van der Waals surface area contributed by atoms with Crippen molar-refractivity contribution >= 4 is 45.1 Å². The lowest BCUT2D eigenvalue weighted by molar-refractivity contribution is -0.131. The average Bonchev–Trinajstić information content (AvgIpc) is 3.09. The molecule has 1 aliphatic heterocycles. The molecule has 1 aliphatic rings. The molecule has 0 spiro atoms. The van der Waals surface area contributed by atoms with Gasteiger partial charge in [-0.3, -0.25) is 9.59 Å². The molecule has 1 aromatic carbocycles. The monoisotopic (exact) mass is 450 g/mol. The van der Waals surface area contributed by atoms with Gasteiger partial charge in [0.15, 0.2) is 5.69 Å². The number of halogens is 1. The summed E-state index contributed by atoms with van der Waals surface area (Å²) in [6.45, 7) is 3.27. The van der Waals surface area contributed by atoms with E-state index in [9.17, 15) is 9.59 Å². The number of benzene rings is 1. The Kier molecular flexibility index (Phi) is 6.20. The summed E-state index contributed by atoms with van der Waals surface area (Å²) in [7, 11) is 3.98. The first kappa shape index (κ1) is 20.2. The number of nitrogens with two attached hydrogens (primary N) is 1. The number of amides is 2. The Morgan fingerprint density at radius 1 is 1.39 bits per heavy atom. The van der Waals surface area contributed by atoms with Gasteiger partial charge in [0.2, 0.25) is 5.91 Å². The van der Waals surface area contributed by atoms with Gasteiger partial charge in [-0.15, -0.1) is 0 Å². The van der Waals surface area contributed by atoms with Crippen LogP contribution in [0, 0.1) is 0 Å². The van der Waals surface area contributed by atoms with E-state index < -0.39 is 5.91 Å². The Labute approximate surface area is 171 Å². The summed E-state index contributed by atoms with van der Waals surface area (Å²) >= 11 is 3.43. The molecular weight excluding hydrogens is 428 g/mol. The van der Waals surface area contributed by atoms with Gasteiger partial charge in [-0.25, -0.2) is 0 Å². The third-order valence-electron chi connectivity index (χ3n) is 4.45. The number of nitrogens with zero attached hydrogens (tertiary/aromatic N) is 4. The van der Waals surface area contributed by atoms with Crippen molar-refractivity contribution in [1.82, 2.24) is 14.8 Å². The van der Waals surface area contributed by atoms with E-state index in [0.29, 0.717) is 18.8 Å². The van der Waals surface area contributed by atoms with Gasteiger partial charge in [0.25, 0.3) is 11.9 Å². The molecular formula is C18H23BrN6O3. The Balaban J connectivity index is 1.68. The molecule has 0 atom stereocenters. The predicted molar refractivity (Wildman–Crippen MR) is 110 cm³/mol. The van der Waals surface area contributed by atoms with Crippen molar-refractivity contribution in [3.8, 4) is 0 Å². The topological polar surface area (TPSA) is 108 Å². The number of hydrogen-bond donors (Lipinski definition) is 2. The molecule has 3 N–H and O–H groups in total. The first-order chi connectivity index (χ1) is 13.3. The van der Waals surface area contributed by atoms with Crippen LogP contribution in [0.4, 0.5) is 17.4 Å². The second-order valence-corrected chi connectivity index (χ2v) is 7.65. The molecule has 10 heteroatoms. The second-order valence-electron chi connectivity index (χ2n) is 6.79. The fourth-order valence-electron chi connectivity index (χ4n) is 2.87. The molecule has 1 fully saturated rings. The molecule has 3 rings (SSSR count). The molecule has 2 amide bonds. The number of hydrogen-bond acceptors (Lipinski definition) is 7. The molecule has 1 aromatic heterocycles. The summed E-state index contributed by atoms with van der Waals surface area (Å²) in [6.07, 6.45) is 1.20. The first-order valence-corrected chi connectivity index (χ1v) is 9.62. The van der Waals surface area contributed by atoms with Gasteiger partial charge in [0.05, 0.1) is 12.2 Å². The summed E-state index contributed by atoms with van der Waals surface area (Å²) in [6, 6.07) is 5.51. The maximum atomic E-state index is 12.5. The van der Waals surface area contributed by atoms with E-state index in [0.717, 1.165) is 29.8 Å². The van der Waals surface area contributed by atoms with Crippen LogP contribution >= 0.6 is 15.9 Å². The molecule has 150 valence electrons. The maximum absolute atomic E-state index is 12.5. The Morgan fingerprint density at radius 2 is 2.18 bits per heavy atom. The van der Waals surface area contributed by atoms with E-state index in [2.05, 4.69) is 31.1 Å². The highest BCUT2D eigenvalue weighted by atomic mass is 79.9. The number of nitrogen functional groups attached to an aromatic ring is 1. The van der Waals surface area contributed by atoms with Crippen molar-refractivity contribution in [2.24, 2.45) is 0 Å². The zero-order valence-corrected chi connectivity index (χ0v) is 17.4. The van der Waals surface area contributed by atoms with Crippen molar-refractivity contribution in [3.63, 3.8) is 0 Å². The Hall–Kier alpha value is -2.59. The van der Waals surface area contributed by atoms with E-state index in [1.165, 1.54) is 6.26 Å². The zero-order valence-electron chi connectivity index (χ0n) is 15.8. The van der Waals surface area contributed by atoms with Crippen LogP contribution in [-0.4, -0.2) is 73.4 Å². The van der Waals surface area contributed by atoms with Crippen LogP contribution in [0.5, 0.6) is 0 Å². The number of aromatic nitrogens is 1. The minimum Gasteiger partial charge on any atom is -0.431 e. The highest BCUT2D eigenvalue weighted by Crippen LogP contribution is 2.29. The van der Waals surface area contributed by atoms with Gasteiger partial charge in [-0.05, 0) is 48.2 Å². The quantitative estimate of drug-likeness (QED) is 0.685. The molecule has 0 aliphatic carbocycles. The summed E-state index contributed by atoms with van der Waals surface area (Å²) in [5.41, 5.74) is 6.94. The first-order valence-electron chi connectivity index (χ1n) is 8.83. The van der Waals surface area contributed by atoms with Crippen LogP contribution in [-0.2, 0) is 4.79 Å². The van der Waals surface area contributed by atoms with Crippen LogP contribution in [0.1, 0.15) is 10.5 Å². The summed E-state index contributed by atoms with van der Waals surface area (Å²) in [4.78, 5) is 34.5. The van der Waals surface area contributed by atoms with Crippen LogP contribution in [0.3, 0.4) is 0 Å². The molecule has 0 bridgehead atoms. The van der Waals surface area contributed by atoms with Gasteiger partial charge in [-0.1, -0.05) is 0 Å². The highest BCUT2D eigenvalue weighted by Gasteiger charge is 2.24. The summed E-state index contributed by atoms with van der Waals surface area (Å²) in [5.74, 6) is -0.331. The van der Waals surface area contributed by atoms with Crippen molar-refractivity contribution in [1.29, 1.82) is 0 Å². The molecule has 0 unspecified atom stereocenters. The number of nitrogens with one attached hydrogen (secondary N) is 1. The van der Waals surface area contributed by atoms with Crippen LogP contribution in [0.25, 0.3) is 0 Å². The van der Waals surface area contributed by atoms with Gasteiger partial charge in [0, 0.05) is 36.3 Å². The number of carbonyl (C=O) groups excluding carboxylic acids is 2. The molecule has 28 heavy (non-hydrogen) atoms. The lowest BCUT2D eigenvalue weighted by Crippen LogP contribution is -2.51. The third kappa shape index (κ3) is 4.82. The van der Waals surface area contributed by atoms with E-state index >= 15 is 0 Å². The lowest BCUT2D eigenvalue weighted by Gasteiger charge is -2.36. The number of likely N-dealkylation sites (N-methyl/N-ethyl adjacent to an activating group) is 1. The second kappa shape index (κ2) is 8.61. The molecule has 2 heterocycles. The van der Waals surface area contributed by atoms with Crippen LogP contribution in [0.15, 0.2) is 33.4 Å². The van der Waals surface area contributed by atoms with Crippen molar-refractivity contribution in [3.05, 3.63) is 34.6 Å². The zero-order chi connectivity index (χ0) is 20.3. The Morgan fingerprint density at radius 3 is 2.82 bits per heavy atom. The summed E-state index contributed by atoms with van der Waals surface area (Å²) in [5, 5.41) is 2.78. The summed E-state index contributed by atoms with van der Waals surface area (Å²) < 4.78 is 5.59. The number of piperazine rings is 1. The third-order valence-corrected chi connectivity index (χ3v) is 5.15. The van der Waals surface area contributed by atoms with Gasteiger partial charge in [0.1, 0.15) is 6.26 Å². The SMILES string of the molecule is CN(C)CCN1CCN(c2ccc(Br)c(NC(=O)c3coc(N)n3)c2)CC1=O. The van der Waals surface area contributed by atoms with E-state index in [1.54, 1.807) is 0 Å². The van der Waals surface area contributed by atoms with Crippen molar-refractivity contribution < 1.29 is 14.0 Å². The van der Waals surface area contributed by atoms with Crippen molar-refractivity contribution in [2.75, 3.05) is 62.8 Å². The number of anilines is 3. The normalized spacial score (nSPS) is 14.6. The largest absolute Gasteiger partial charge is 0.431 e. The number of oxazole rings is 1. The average molecular weight is 451 g/mol. The smallest absolute Gasteiger partial charge is 0.292 e. The van der Waals surface area contributed by atoms with E-state index in [1.807, 2.05) is 42.1 Å². The van der Waals surface area contributed by atoms with Crippen LogP contribution < -0.4 is 16.0 Å². The fraction of sp³-hybridized carbons (Fsp3) is 0.389. The van der Waals surface area contributed by atoms with Gasteiger partial charge in [-0.2, -0.15) is 4.98 Å². The number of rotatable bonds is 6. The standard InChI is InChI=1S/C18H23BrN6O3/c1-23(2)5-6-24-7-8-25(10-16(24)26)12-3-4-13(19)14(9-12)21-17(27)15-11-28-18(20)22-15/h3-4,9,11H,5-8,10H2,1-2H3,(H2,20,22)(H,21,27). The van der Waals surface area contributed by atoms with Gasteiger partial charge < -0.3 is 30.2 Å². The fourth-order valence-corrected chi connectivity index (χ4v) is 3.22. The van der Waals surface area contributed by atoms with Crippen LogP contribution in [0.2, 0.25) is 0 Å². The molecule has 0 radical (unpaired) electrons. The molecule has 1 saturated heterocycles. The predicted octanol–water partition coefficient (Wildman–Crippen LogP) is 1.48. The minimum atomic E-state index is -0.428. The van der Waals surface area contributed by atoms with Gasteiger partial charge >= 0.3 is 0 Å². The molecule has 2 aromatic rings. The van der Waals surface area contributed by atoms with E-state index in [4.69, 9.17) is 10.2 Å². The highest BCUT2D eigenvalue weighted by molar-refractivity contribution is 9.10. The lowest BCUT2D eigenvalue weighted by atomic mass is 10.2. The molecule has 9 nitrogen and oxygen atoms in total. The minimum absolute atomic E-state index is 0.0661. The maximum Gasteiger partial charge on any atom is 0.292 e. The number of carbonyl (C=O) groups is 2. The van der Waals surface area contributed by atoms with E-state index in [-0.39, 0.29) is 17.6 Å².